The Hall–Kier alpha value is -3.53. The molecule has 0 saturated carbocycles. The van der Waals surface area contributed by atoms with Crippen molar-refractivity contribution in [2.45, 2.75) is 13.5 Å². The van der Waals surface area contributed by atoms with E-state index in [0.717, 1.165) is 5.56 Å². The Morgan fingerprint density at radius 2 is 1.81 bits per heavy atom. The van der Waals surface area contributed by atoms with Gasteiger partial charge in [-0.1, -0.05) is 30.3 Å². The molecule has 2 rings (SSSR count). The first-order chi connectivity index (χ1) is 12.6. The van der Waals surface area contributed by atoms with Gasteiger partial charge in [0, 0.05) is 5.69 Å². The van der Waals surface area contributed by atoms with Gasteiger partial charge in [-0.25, -0.2) is 0 Å². The maximum Gasteiger partial charge on any atom is 0.527 e. The monoisotopic (exact) mass is 354 g/mol. The molecule has 1 amide bonds. The van der Waals surface area contributed by atoms with Crippen molar-refractivity contribution < 1.29 is 19.4 Å². The fourth-order valence-electron chi connectivity index (χ4n) is 2.34. The minimum absolute atomic E-state index is 0.212. The molecule has 134 valence electrons. The van der Waals surface area contributed by atoms with E-state index in [2.05, 4.69) is 9.71 Å². The molecule has 0 bridgehead atoms. The fourth-order valence-corrected chi connectivity index (χ4v) is 2.34. The summed E-state index contributed by atoms with van der Waals surface area (Å²) in [5.41, 5.74) is 0.827. The largest absolute Gasteiger partial charge is 0.527 e. The first kappa shape index (κ1) is 18.8. The Morgan fingerprint density at radius 3 is 2.35 bits per heavy atom. The van der Waals surface area contributed by atoms with Crippen LogP contribution < -0.4 is 9.64 Å². The average molecular weight is 354 g/mol. The van der Waals surface area contributed by atoms with Gasteiger partial charge in [-0.05, 0) is 36.8 Å². The molecule has 0 heterocycles. The van der Waals surface area contributed by atoms with Gasteiger partial charge in [-0.15, -0.1) is 0 Å². The minimum atomic E-state index is -0.763. The standard InChI is InChI=1S/C19H19N3O4/c1-3-26-16-11-9-15(10-12-16)22(13-14-7-5-4-6-8-14)18(23)17(21-20)19(24)25-2/h4-12H,3,13H2,1-2H3/p+1. The molecule has 2 aromatic rings. The number of methoxy groups -OCH3 is 1. The Kier molecular flexibility index (Phi) is 6.57. The molecule has 2 aromatic carbocycles. The van der Waals surface area contributed by atoms with E-state index in [-0.39, 0.29) is 6.54 Å². The second-order valence-corrected chi connectivity index (χ2v) is 5.26. The quantitative estimate of drug-likeness (QED) is 0.464. The van der Waals surface area contributed by atoms with E-state index in [1.165, 1.54) is 12.0 Å². The average Bonchev–Trinajstić information content (AvgIpc) is 2.68. The molecule has 0 aliphatic heterocycles. The van der Waals surface area contributed by atoms with Crippen LogP contribution in [0.3, 0.4) is 0 Å². The highest BCUT2D eigenvalue weighted by molar-refractivity contribution is 6.06. The number of carbonyl (C=O) groups excluding carboxylic acids is 1. The summed E-state index contributed by atoms with van der Waals surface area (Å²) >= 11 is 0. The summed E-state index contributed by atoms with van der Waals surface area (Å²) in [6.07, 6.45) is 0. The number of aliphatic hydroxyl groups is 1. The molecule has 0 saturated heterocycles. The second-order valence-electron chi connectivity index (χ2n) is 5.26. The number of diazo groups is 1. The lowest BCUT2D eigenvalue weighted by molar-refractivity contribution is -0.115. The number of hydrogen-bond acceptors (Lipinski definition) is 5. The van der Waals surface area contributed by atoms with E-state index >= 15 is 0 Å². The Balaban J connectivity index is 2.41. The first-order valence-electron chi connectivity index (χ1n) is 8.01. The lowest BCUT2D eigenvalue weighted by atomic mass is 10.2. The van der Waals surface area contributed by atoms with Crippen LogP contribution in [-0.2, 0) is 16.1 Å². The molecular weight excluding hydrogens is 334 g/mol. The van der Waals surface area contributed by atoms with E-state index in [1.54, 1.807) is 24.3 Å². The van der Waals surface area contributed by atoms with Crippen LogP contribution in [0.4, 0.5) is 5.69 Å². The lowest BCUT2D eigenvalue weighted by Gasteiger charge is -2.20. The Bertz CT molecular complexity index is 811. The lowest BCUT2D eigenvalue weighted by Crippen LogP contribution is -2.31. The van der Waals surface area contributed by atoms with Gasteiger partial charge in [-0.3, -0.25) is 9.69 Å². The summed E-state index contributed by atoms with van der Waals surface area (Å²) in [7, 11) is 1.17. The van der Waals surface area contributed by atoms with Crippen molar-refractivity contribution in [2.75, 3.05) is 18.6 Å². The number of carbonyl (C=O) groups is 1. The van der Waals surface area contributed by atoms with Gasteiger partial charge in [-0.2, -0.15) is 0 Å². The van der Waals surface area contributed by atoms with Gasteiger partial charge >= 0.3 is 17.5 Å². The zero-order chi connectivity index (χ0) is 18.9. The number of benzene rings is 2. The summed E-state index contributed by atoms with van der Waals surface area (Å²) in [4.78, 5) is 17.1. The van der Waals surface area contributed by atoms with E-state index < -0.39 is 17.5 Å². The number of nitrogens with zero attached hydrogens (tertiary/aromatic N) is 3. The van der Waals surface area contributed by atoms with Crippen molar-refractivity contribution in [1.82, 2.24) is 0 Å². The molecule has 0 radical (unpaired) electrons. The summed E-state index contributed by atoms with van der Waals surface area (Å²) in [5.74, 6) is -0.799. The maximum atomic E-state index is 12.8. The van der Waals surface area contributed by atoms with Gasteiger partial charge in [0.1, 0.15) is 5.75 Å². The van der Waals surface area contributed by atoms with Crippen LogP contribution in [0.2, 0.25) is 0 Å². The molecule has 0 atom stereocenters. The van der Waals surface area contributed by atoms with Gasteiger partial charge in [0.25, 0.3) is 0 Å². The van der Waals surface area contributed by atoms with E-state index in [0.29, 0.717) is 18.0 Å². The number of ether oxygens (including phenoxy) is 2. The molecule has 1 N–H and O–H groups in total. The van der Waals surface area contributed by atoms with E-state index in [9.17, 15) is 9.90 Å². The van der Waals surface area contributed by atoms with Crippen molar-refractivity contribution in [3.8, 4) is 5.75 Å². The number of aliphatic hydroxyl groups excluding tert-OH is 1. The van der Waals surface area contributed by atoms with Crippen molar-refractivity contribution >= 4 is 11.6 Å². The maximum absolute atomic E-state index is 12.8. The summed E-state index contributed by atoms with van der Waals surface area (Å²) < 4.78 is 10.0. The van der Waals surface area contributed by atoms with Crippen LogP contribution in [-0.4, -0.2) is 24.7 Å². The summed E-state index contributed by atoms with van der Waals surface area (Å²) in [6, 6.07) is 16.2. The minimum Gasteiger partial charge on any atom is -0.494 e. The zero-order valence-electron chi connectivity index (χ0n) is 14.6. The highest BCUT2D eigenvalue weighted by Gasteiger charge is 2.36. The van der Waals surface area contributed by atoms with Crippen LogP contribution in [0.25, 0.3) is 4.98 Å². The molecule has 0 fully saturated rings. The third-order valence-corrected chi connectivity index (χ3v) is 3.59. The van der Waals surface area contributed by atoms with Gasteiger partial charge in [0.15, 0.2) is 4.98 Å². The molecule has 0 aromatic heterocycles. The smallest absolute Gasteiger partial charge is 0.494 e. The van der Waals surface area contributed by atoms with Crippen molar-refractivity contribution in [1.29, 1.82) is 5.39 Å². The normalized spacial score (nSPS) is 11.1. The van der Waals surface area contributed by atoms with E-state index in [1.807, 2.05) is 37.3 Å². The molecule has 0 unspecified atom stereocenters. The molecule has 0 aliphatic rings. The Morgan fingerprint density at radius 1 is 1.15 bits per heavy atom. The van der Waals surface area contributed by atoms with Gasteiger partial charge < -0.3 is 14.6 Å². The van der Waals surface area contributed by atoms with Crippen LogP contribution in [0.1, 0.15) is 12.5 Å². The highest BCUT2D eigenvalue weighted by atomic mass is 16.6. The predicted molar refractivity (Wildman–Crippen MR) is 97.0 cm³/mol. The SMILES string of the molecule is CCOc1ccc(N(Cc2ccccc2)C(=O)/C([N+]#N)=C(/O)OC)cc1. The number of rotatable bonds is 7. The van der Waals surface area contributed by atoms with Crippen LogP contribution >= 0.6 is 0 Å². The number of anilines is 1. The molecule has 0 spiro atoms. The zero-order valence-corrected chi connectivity index (χ0v) is 14.6. The summed E-state index contributed by atoms with van der Waals surface area (Å²) in [6.45, 7) is 2.63. The molecule has 26 heavy (non-hydrogen) atoms. The fraction of sp³-hybridized carbons (Fsp3) is 0.211. The van der Waals surface area contributed by atoms with Gasteiger partial charge in [0.05, 0.1) is 20.3 Å². The highest BCUT2D eigenvalue weighted by Crippen LogP contribution is 2.24. The van der Waals surface area contributed by atoms with Crippen LogP contribution in [0.5, 0.6) is 5.75 Å². The van der Waals surface area contributed by atoms with Crippen LogP contribution in [0.15, 0.2) is 66.2 Å². The number of hydrogen-bond donors (Lipinski definition) is 1. The summed E-state index contributed by atoms with van der Waals surface area (Å²) in [5, 5.41) is 18.8. The molecule has 7 nitrogen and oxygen atoms in total. The third-order valence-electron chi connectivity index (χ3n) is 3.59. The molecule has 0 aliphatic carbocycles. The van der Waals surface area contributed by atoms with Crippen LogP contribution in [0, 0.1) is 5.39 Å². The van der Waals surface area contributed by atoms with E-state index in [4.69, 9.17) is 10.1 Å². The molecule has 7 heteroatoms. The van der Waals surface area contributed by atoms with Crippen molar-refractivity contribution in [3.05, 3.63) is 76.8 Å². The predicted octanol–water partition coefficient (Wildman–Crippen LogP) is 3.85. The molecular formula is C19H20N3O4+. The second kappa shape index (κ2) is 9.08. The topological polar surface area (TPSA) is 87.2 Å². The van der Waals surface area contributed by atoms with Crippen molar-refractivity contribution in [3.63, 3.8) is 0 Å². The first-order valence-corrected chi connectivity index (χ1v) is 8.01. The van der Waals surface area contributed by atoms with Gasteiger partial charge in [0.2, 0.25) is 5.39 Å². The number of amides is 1. The third kappa shape index (κ3) is 4.51. The van der Waals surface area contributed by atoms with Crippen molar-refractivity contribution in [2.24, 2.45) is 0 Å². The Labute approximate surface area is 151 Å².